The first-order valence-electron chi connectivity index (χ1n) is 13.2. The lowest BCUT2D eigenvalue weighted by atomic mass is 9.86. The molecule has 0 spiro atoms. The van der Waals surface area contributed by atoms with Crippen LogP contribution in [-0.2, 0) is 0 Å². The molecule has 0 aliphatic carbocycles. The van der Waals surface area contributed by atoms with Gasteiger partial charge in [0.1, 0.15) is 6.17 Å². The summed E-state index contributed by atoms with van der Waals surface area (Å²) in [6.45, 7) is 6.48. The third-order valence-corrected chi connectivity index (χ3v) is 7.18. The molecular formula is C25H36FN9O4. The number of halogens is 1. The third kappa shape index (κ3) is 7.19. The van der Waals surface area contributed by atoms with Gasteiger partial charge in [-0.05, 0) is 45.7 Å². The zero-order valence-corrected chi connectivity index (χ0v) is 22.5. The maximum atomic E-state index is 15.0. The van der Waals surface area contributed by atoms with Crippen LogP contribution in [0.4, 0.5) is 25.7 Å². The second kappa shape index (κ2) is 12.8. The van der Waals surface area contributed by atoms with Crippen molar-refractivity contribution in [3.8, 4) is 11.8 Å². The van der Waals surface area contributed by atoms with Gasteiger partial charge in [-0.1, -0.05) is 6.92 Å². The van der Waals surface area contributed by atoms with Gasteiger partial charge in [-0.25, -0.2) is 28.9 Å². The fraction of sp³-hybridized carbons (Fsp3) is 0.600. The van der Waals surface area contributed by atoms with E-state index in [4.69, 9.17) is 9.47 Å². The molecule has 3 N–H and O–H groups in total. The average Bonchev–Trinajstić information content (AvgIpc) is 2.94. The van der Waals surface area contributed by atoms with Crippen LogP contribution in [0.15, 0.2) is 24.7 Å². The number of piperidine rings is 2. The summed E-state index contributed by atoms with van der Waals surface area (Å²) < 4.78 is 25.7. The lowest BCUT2D eigenvalue weighted by Gasteiger charge is -2.39. The highest BCUT2D eigenvalue weighted by molar-refractivity contribution is 5.88. The van der Waals surface area contributed by atoms with E-state index in [1.54, 1.807) is 4.90 Å². The minimum atomic E-state index is -1.25. The number of likely N-dealkylation sites (N-methyl/N-ethyl adjacent to an activating group) is 1. The minimum absolute atomic E-state index is 0.0942. The zero-order chi connectivity index (χ0) is 27.8. The van der Waals surface area contributed by atoms with Gasteiger partial charge >= 0.3 is 12.1 Å². The van der Waals surface area contributed by atoms with Crippen molar-refractivity contribution >= 4 is 23.9 Å². The molecule has 2 atom stereocenters. The van der Waals surface area contributed by atoms with Crippen LogP contribution < -0.4 is 30.3 Å². The first-order valence-corrected chi connectivity index (χ1v) is 13.2. The van der Waals surface area contributed by atoms with Gasteiger partial charge in [0.05, 0.1) is 25.0 Å². The Kier molecular flexibility index (Phi) is 9.28. The molecule has 212 valence electrons. The van der Waals surface area contributed by atoms with E-state index < -0.39 is 24.3 Å². The maximum Gasteiger partial charge on any atom is 0.414 e. The summed E-state index contributed by atoms with van der Waals surface area (Å²) in [5.74, 6) is 0.946. The van der Waals surface area contributed by atoms with E-state index in [9.17, 15) is 14.0 Å². The van der Waals surface area contributed by atoms with Crippen molar-refractivity contribution in [2.24, 2.45) is 0 Å². The summed E-state index contributed by atoms with van der Waals surface area (Å²) in [5.41, 5.74) is -0.309. The number of amides is 3. The number of aromatic nitrogens is 4. The Balaban J connectivity index is 1.37. The van der Waals surface area contributed by atoms with Crippen LogP contribution in [0.5, 0.6) is 11.8 Å². The molecule has 39 heavy (non-hydrogen) atoms. The van der Waals surface area contributed by atoms with Crippen LogP contribution in [-0.4, -0.2) is 94.5 Å². The normalized spacial score (nSPS) is 20.6. The van der Waals surface area contributed by atoms with Gasteiger partial charge < -0.3 is 29.9 Å². The number of alkyl halides is 1. The van der Waals surface area contributed by atoms with Crippen molar-refractivity contribution in [1.29, 1.82) is 0 Å². The molecular weight excluding hydrogens is 509 g/mol. The van der Waals surface area contributed by atoms with Crippen molar-refractivity contribution in [1.82, 2.24) is 35.5 Å². The number of rotatable bonds is 8. The van der Waals surface area contributed by atoms with E-state index in [1.807, 2.05) is 13.8 Å². The number of nitrogens with zero attached hydrogens (tertiary/aromatic N) is 6. The minimum Gasteiger partial charge on any atom is -0.477 e. The summed E-state index contributed by atoms with van der Waals surface area (Å²) in [6, 6.07) is 0.205. The van der Waals surface area contributed by atoms with Crippen LogP contribution >= 0.6 is 0 Å². The molecule has 13 nitrogen and oxygen atoms in total. The van der Waals surface area contributed by atoms with E-state index in [0.29, 0.717) is 19.0 Å². The molecule has 14 heteroatoms. The molecule has 0 radical (unpaired) electrons. The molecule has 3 amide bonds. The molecule has 4 rings (SSSR count). The number of ether oxygens (including phenoxy) is 2. The van der Waals surface area contributed by atoms with E-state index in [2.05, 4.69) is 35.9 Å². The van der Waals surface area contributed by atoms with Gasteiger partial charge in [-0.2, -0.15) is 4.98 Å². The topological polar surface area (TPSA) is 147 Å². The first-order chi connectivity index (χ1) is 18.8. The molecule has 4 heterocycles. The second-order valence-electron chi connectivity index (χ2n) is 9.63. The zero-order valence-electron chi connectivity index (χ0n) is 22.5. The molecule has 2 aromatic heterocycles. The summed E-state index contributed by atoms with van der Waals surface area (Å²) >= 11 is 0. The Morgan fingerprint density at radius 1 is 1.21 bits per heavy atom. The van der Waals surface area contributed by atoms with Gasteiger partial charge in [-0.15, -0.1) is 0 Å². The SMILES string of the molecule is CCOc1cnc(NC(=O)N(C)[C@H]2CN(c3nccc(OC(=O)NC4(CC)CCNCC4)n3)CC[C@H]2F)cn1. The fourth-order valence-electron chi connectivity index (χ4n) is 4.75. The number of anilines is 2. The lowest BCUT2D eigenvalue weighted by Crippen LogP contribution is -2.55. The second-order valence-corrected chi connectivity index (χ2v) is 9.63. The average molecular weight is 546 g/mol. The van der Waals surface area contributed by atoms with Crippen molar-refractivity contribution in [2.75, 3.05) is 50.1 Å². The van der Waals surface area contributed by atoms with Gasteiger partial charge in [0.2, 0.25) is 17.7 Å². The molecule has 2 fully saturated rings. The Morgan fingerprint density at radius 3 is 2.69 bits per heavy atom. The third-order valence-electron chi connectivity index (χ3n) is 7.18. The Bertz CT molecular complexity index is 1120. The summed E-state index contributed by atoms with van der Waals surface area (Å²) in [6.07, 6.45) is 5.06. The lowest BCUT2D eigenvalue weighted by molar-refractivity contribution is 0.133. The quantitative estimate of drug-likeness (QED) is 0.452. The predicted molar refractivity (Wildman–Crippen MR) is 142 cm³/mol. The number of carbonyl (C=O) groups is 2. The summed E-state index contributed by atoms with van der Waals surface area (Å²) in [4.78, 5) is 45.4. The Morgan fingerprint density at radius 2 is 2.00 bits per heavy atom. The van der Waals surface area contributed by atoms with E-state index >= 15 is 0 Å². The molecule has 0 aromatic carbocycles. The fourth-order valence-corrected chi connectivity index (χ4v) is 4.75. The molecule has 2 aliphatic rings. The highest BCUT2D eigenvalue weighted by Crippen LogP contribution is 2.25. The number of nitrogens with one attached hydrogen (secondary N) is 3. The Labute approximate surface area is 226 Å². The number of hydrogen-bond acceptors (Lipinski definition) is 10. The van der Waals surface area contributed by atoms with Gasteiger partial charge in [0, 0.05) is 37.9 Å². The largest absolute Gasteiger partial charge is 0.477 e. The number of hydrogen-bond donors (Lipinski definition) is 3. The highest BCUT2D eigenvalue weighted by atomic mass is 19.1. The van der Waals surface area contributed by atoms with Crippen molar-refractivity contribution in [2.45, 2.75) is 57.3 Å². The highest BCUT2D eigenvalue weighted by Gasteiger charge is 2.36. The monoisotopic (exact) mass is 545 g/mol. The molecule has 2 aliphatic heterocycles. The van der Waals surface area contributed by atoms with Crippen molar-refractivity contribution in [3.63, 3.8) is 0 Å². The summed E-state index contributed by atoms with van der Waals surface area (Å²) in [7, 11) is 1.52. The molecule has 2 aromatic rings. The molecule has 0 saturated carbocycles. The van der Waals surface area contributed by atoms with Gasteiger partial charge in [0.15, 0.2) is 5.82 Å². The predicted octanol–water partition coefficient (Wildman–Crippen LogP) is 2.37. The number of urea groups is 1. The van der Waals surface area contributed by atoms with Crippen molar-refractivity contribution < 1.29 is 23.5 Å². The summed E-state index contributed by atoms with van der Waals surface area (Å²) in [5, 5.41) is 8.93. The van der Waals surface area contributed by atoms with Crippen LogP contribution in [0, 0.1) is 0 Å². The van der Waals surface area contributed by atoms with Gasteiger partial charge in [-0.3, -0.25) is 5.32 Å². The molecule has 0 unspecified atom stereocenters. The standard InChI is InChI=1S/C25H36FN9O4/c1-4-25(8-11-27-12-9-25)33-24(37)39-20-6-10-28-22(32-20)35-13-7-17(26)18(16-35)34(3)23(36)31-19-14-30-21(15-29-19)38-5-2/h6,10,14-15,17-18,27H,4-5,7-9,11-13,16H2,1-3H3,(H,33,37)(H,29,31,36)/t17-,18+/m1/s1. The van der Waals surface area contributed by atoms with Gasteiger partial charge in [0.25, 0.3) is 0 Å². The van der Waals surface area contributed by atoms with Crippen LogP contribution in [0.25, 0.3) is 0 Å². The van der Waals surface area contributed by atoms with E-state index in [1.165, 1.54) is 36.6 Å². The van der Waals surface area contributed by atoms with E-state index in [-0.39, 0.29) is 36.2 Å². The van der Waals surface area contributed by atoms with Crippen LogP contribution in [0.1, 0.15) is 39.5 Å². The Hall–Kier alpha value is -3.81. The number of carbonyl (C=O) groups excluding carboxylic acids is 2. The molecule has 2 saturated heterocycles. The smallest absolute Gasteiger partial charge is 0.414 e. The maximum absolute atomic E-state index is 15.0. The van der Waals surface area contributed by atoms with Crippen LogP contribution in [0.3, 0.4) is 0 Å². The van der Waals surface area contributed by atoms with Crippen LogP contribution in [0.2, 0.25) is 0 Å². The molecule has 0 bridgehead atoms. The van der Waals surface area contributed by atoms with Crippen molar-refractivity contribution in [3.05, 3.63) is 24.7 Å². The first kappa shape index (κ1) is 28.2. The van der Waals surface area contributed by atoms with E-state index in [0.717, 1.165) is 32.4 Å².